The fraction of sp³-hybridized carbons (Fsp3) is 0.478. The van der Waals surface area contributed by atoms with Crippen molar-refractivity contribution in [1.82, 2.24) is 0 Å². The van der Waals surface area contributed by atoms with Crippen LogP contribution in [0.5, 0.6) is 28.7 Å². The molecule has 0 saturated heterocycles. The molecule has 0 aromatic heterocycles. The highest BCUT2D eigenvalue weighted by Gasteiger charge is 2.46. The molecule has 0 aliphatic carbocycles. The molecule has 7 heteroatoms. The van der Waals surface area contributed by atoms with Crippen LogP contribution in [0.1, 0.15) is 42.6 Å². The van der Waals surface area contributed by atoms with Gasteiger partial charge in [0.15, 0.2) is 11.5 Å². The number of fused-ring (bicyclic) bond motifs is 6. The van der Waals surface area contributed by atoms with Crippen LogP contribution in [-0.2, 0) is 6.42 Å². The Morgan fingerprint density at radius 3 is 2.43 bits per heavy atom. The largest absolute Gasteiger partial charge is 0.493 e. The first-order valence-corrected chi connectivity index (χ1v) is 10.1. The third kappa shape index (κ3) is 2.80. The number of rotatable bonds is 3. The molecule has 0 unspecified atom stereocenters. The van der Waals surface area contributed by atoms with Crippen molar-refractivity contribution < 1.29 is 33.9 Å². The van der Waals surface area contributed by atoms with Gasteiger partial charge in [0.05, 0.1) is 31.8 Å². The van der Waals surface area contributed by atoms with Gasteiger partial charge in [-0.25, -0.2) is 0 Å². The zero-order valence-corrected chi connectivity index (χ0v) is 17.5. The quantitative estimate of drug-likeness (QED) is 0.799. The molecule has 2 N–H and O–H groups in total. The van der Waals surface area contributed by atoms with Crippen LogP contribution in [0.4, 0.5) is 0 Å². The summed E-state index contributed by atoms with van der Waals surface area (Å²) in [5.41, 5.74) is 1.45. The lowest BCUT2D eigenvalue weighted by Gasteiger charge is -2.41. The van der Waals surface area contributed by atoms with E-state index in [9.17, 15) is 10.2 Å². The van der Waals surface area contributed by atoms with Gasteiger partial charge in [0.2, 0.25) is 0 Å². The number of benzene rings is 2. The van der Waals surface area contributed by atoms with Crippen molar-refractivity contribution in [3.63, 3.8) is 0 Å². The maximum Gasteiger partial charge on any atom is 0.164 e. The van der Waals surface area contributed by atoms with Crippen molar-refractivity contribution in [1.29, 1.82) is 0 Å². The summed E-state index contributed by atoms with van der Waals surface area (Å²) in [6, 6.07) is 7.33. The summed E-state index contributed by atoms with van der Waals surface area (Å²) in [5, 5.41) is 21.7. The van der Waals surface area contributed by atoms with Crippen LogP contribution in [0.2, 0.25) is 0 Å². The molecular formula is C23H26O7. The smallest absolute Gasteiger partial charge is 0.164 e. The van der Waals surface area contributed by atoms with Gasteiger partial charge in [-0.05, 0) is 32.0 Å². The van der Waals surface area contributed by atoms with Crippen LogP contribution in [0.15, 0.2) is 24.3 Å². The lowest BCUT2D eigenvalue weighted by atomic mass is 9.80. The molecule has 4 atom stereocenters. The van der Waals surface area contributed by atoms with Gasteiger partial charge in [0.25, 0.3) is 0 Å². The van der Waals surface area contributed by atoms with Gasteiger partial charge < -0.3 is 33.9 Å². The highest BCUT2D eigenvalue weighted by molar-refractivity contribution is 5.58. The topological polar surface area (TPSA) is 86.6 Å². The van der Waals surface area contributed by atoms with E-state index in [1.165, 1.54) is 0 Å². The van der Waals surface area contributed by atoms with Crippen LogP contribution in [0, 0.1) is 0 Å². The second kappa shape index (κ2) is 6.68. The number of hydrogen-bond donors (Lipinski definition) is 2. The van der Waals surface area contributed by atoms with Gasteiger partial charge in [0.1, 0.15) is 36.1 Å². The average Bonchev–Trinajstić information content (AvgIpc) is 3.18. The molecule has 3 heterocycles. The van der Waals surface area contributed by atoms with E-state index in [1.807, 2.05) is 18.2 Å². The van der Waals surface area contributed by atoms with Gasteiger partial charge >= 0.3 is 0 Å². The highest BCUT2D eigenvalue weighted by Crippen LogP contribution is 2.54. The van der Waals surface area contributed by atoms with Crippen molar-refractivity contribution in [2.75, 3.05) is 20.8 Å². The third-order valence-corrected chi connectivity index (χ3v) is 6.30. The van der Waals surface area contributed by atoms with Crippen molar-refractivity contribution >= 4 is 0 Å². The summed E-state index contributed by atoms with van der Waals surface area (Å²) in [7, 11) is 3.16. The third-order valence-electron chi connectivity index (χ3n) is 6.30. The lowest BCUT2D eigenvalue weighted by molar-refractivity contribution is -0.0231. The fourth-order valence-electron chi connectivity index (χ4n) is 4.64. The summed E-state index contributed by atoms with van der Waals surface area (Å²) in [6.07, 6.45) is -0.969. The van der Waals surface area contributed by atoms with E-state index in [1.54, 1.807) is 34.1 Å². The molecule has 3 aliphatic rings. The van der Waals surface area contributed by atoms with Crippen molar-refractivity contribution in [3.05, 3.63) is 41.0 Å². The predicted molar refractivity (Wildman–Crippen MR) is 108 cm³/mol. The normalized spacial score (nSPS) is 26.2. The second-order valence-electron chi connectivity index (χ2n) is 8.61. The Morgan fingerprint density at radius 1 is 1.00 bits per heavy atom. The standard InChI is InChI=1S/C23H26O7/c1-23(2,25)19-8-13-14(29-19)6-5-11-21(24)20-12-7-16(26-3)17(27-4)9-15(12)28-10-18(20)30-22(11)13/h5-7,9,18-21,24-25H,8,10H2,1-4H3/t18-,19-,20+,21-/m1/s1. The zero-order valence-electron chi connectivity index (χ0n) is 17.5. The van der Waals surface area contributed by atoms with E-state index in [0.717, 1.165) is 16.7 Å². The Labute approximate surface area is 175 Å². The molecule has 0 spiro atoms. The van der Waals surface area contributed by atoms with E-state index in [0.29, 0.717) is 41.8 Å². The Hall–Kier alpha value is -2.64. The van der Waals surface area contributed by atoms with Crippen molar-refractivity contribution in [2.24, 2.45) is 0 Å². The molecule has 0 amide bonds. The van der Waals surface area contributed by atoms with Crippen LogP contribution in [0.3, 0.4) is 0 Å². The first kappa shape index (κ1) is 19.3. The minimum absolute atomic E-state index is 0.300. The maximum absolute atomic E-state index is 11.4. The molecule has 0 bridgehead atoms. The molecule has 3 aliphatic heterocycles. The monoisotopic (exact) mass is 414 g/mol. The minimum Gasteiger partial charge on any atom is -0.493 e. The number of aliphatic hydroxyl groups excluding tert-OH is 1. The molecule has 30 heavy (non-hydrogen) atoms. The van der Waals surface area contributed by atoms with E-state index < -0.39 is 11.7 Å². The van der Waals surface area contributed by atoms with Crippen LogP contribution >= 0.6 is 0 Å². The van der Waals surface area contributed by atoms with E-state index in [4.69, 9.17) is 23.7 Å². The van der Waals surface area contributed by atoms with Gasteiger partial charge in [-0.1, -0.05) is 0 Å². The van der Waals surface area contributed by atoms with Gasteiger partial charge in [0, 0.05) is 29.2 Å². The molecule has 0 saturated carbocycles. The Bertz CT molecular complexity index is 994. The van der Waals surface area contributed by atoms with E-state index in [-0.39, 0.29) is 18.1 Å². The van der Waals surface area contributed by atoms with Crippen molar-refractivity contribution in [2.45, 2.75) is 50.1 Å². The molecule has 0 radical (unpaired) electrons. The number of ether oxygens (including phenoxy) is 5. The molecule has 2 aromatic carbocycles. The summed E-state index contributed by atoms with van der Waals surface area (Å²) in [4.78, 5) is 0. The van der Waals surface area contributed by atoms with Gasteiger partial charge in [-0.15, -0.1) is 0 Å². The molecular weight excluding hydrogens is 388 g/mol. The van der Waals surface area contributed by atoms with Crippen LogP contribution in [-0.4, -0.2) is 48.8 Å². The van der Waals surface area contributed by atoms with Crippen molar-refractivity contribution in [3.8, 4) is 28.7 Å². The summed E-state index contributed by atoms with van der Waals surface area (Å²) < 4.78 is 29.1. The number of methoxy groups -OCH3 is 2. The summed E-state index contributed by atoms with van der Waals surface area (Å²) >= 11 is 0. The highest BCUT2D eigenvalue weighted by atomic mass is 16.5. The van der Waals surface area contributed by atoms with E-state index in [2.05, 4.69) is 0 Å². The molecule has 5 rings (SSSR count). The van der Waals surface area contributed by atoms with Gasteiger partial charge in [-0.2, -0.15) is 0 Å². The average molecular weight is 414 g/mol. The van der Waals surface area contributed by atoms with Crippen LogP contribution < -0.4 is 23.7 Å². The second-order valence-corrected chi connectivity index (χ2v) is 8.61. The maximum atomic E-state index is 11.4. The first-order chi connectivity index (χ1) is 14.3. The molecule has 160 valence electrons. The summed E-state index contributed by atoms with van der Waals surface area (Å²) in [5.74, 6) is 2.84. The number of hydrogen-bond acceptors (Lipinski definition) is 7. The minimum atomic E-state index is -0.982. The number of aliphatic hydroxyl groups is 2. The predicted octanol–water partition coefficient (Wildman–Crippen LogP) is 2.75. The fourth-order valence-corrected chi connectivity index (χ4v) is 4.64. The first-order valence-electron chi connectivity index (χ1n) is 10.1. The SMILES string of the molecule is COc1cc2c(cc1OC)[C@@H]1[C@H](O)c3ccc4c(c3O[C@@H]1CO2)C[C@H](C(C)(C)O)O4. The Balaban J connectivity index is 1.55. The summed E-state index contributed by atoms with van der Waals surface area (Å²) in [6.45, 7) is 3.77. The zero-order chi connectivity index (χ0) is 21.2. The molecule has 2 aromatic rings. The molecule has 7 nitrogen and oxygen atoms in total. The van der Waals surface area contributed by atoms with Crippen LogP contribution in [0.25, 0.3) is 0 Å². The van der Waals surface area contributed by atoms with Gasteiger partial charge in [-0.3, -0.25) is 0 Å². The lowest BCUT2D eigenvalue weighted by Crippen LogP contribution is -2.42. The Morgan fingerprint density at radius 2 is 1.73 bits per heavy atom. The van der Waals surface area contributed by atoms with E-state index >= 15 is 0 Å². The Kier molecular flexibility index (Phi) is 4.31. The molecule has 0 fully saturated rings.